The third-order valence-electron chi connectivity index (χ3n) is 6.18. The lowest BCUT2D eigenvalue weighted by molar-refractivity contribution is -0.904. The number of amides is 1. The minimum atomic E-state index is 0.0839. The highest BCUT2D eigenvalue weighted by Gasteiger charge is 2.28. The summed E-state index contributed by atoms with van der Waals surface area (Å²) < 4.78 is 1.83. The zero-order valence-corrected chi connectivity index (χ0v) is 18.8. The standard InChI is InChI=1S/C26H32N4O/c1-4-14-28-15-17-29(18-16-28)26(31)24-19-30(23-8-6-5-7-9-23)27-25(24)22-12-10-21(11-13-22)20(2)3/h5-13,19-20H,4,14-18H2,1-3H3/p+1. The molecule has 1 amide bonds. The molecular formula is C26H33N4O+. The minimum Gasteiger partial charge on any atom is -0.332 e. The highest BCUT2D eigenvalue weighted by atomic mass is 16.2. The summed E-state index contributed by atoms with van der Waals surface area (Å²) in [5.74, 6) is 0.555. The van der Waals surface area contributed by atoms with E-state index < -0.39 is 0 Å². The lowest BCUT2D eigenvalue weighted by Crippen LogP contribution is -3.14. The molecule has 1 aliphatic rings. The van der Waals surface area contributed by atoms with E-state index in [1.165, 1.54) is 18.5 Å². The van der Waals surface area contributed by atoms with Crippen LogP contribution in [0, 0.1) is 0 Å². The van der Waals surface area contributed by atoms with E-state index in [2.05, 4.69) is 45.0 Å². The molecule has 1 N–H and O–H groups in total. The van der Waals surface area contributed by atoms with Crippen LogP contribution in [0.2, 0.25) is 0 Å². The van der Waals surface area contributed by atoms with Gasteiger partial charge in [0.1, 0.15) is 5.69 Å². The Morgan fingerprint density at radius 3 is 2.32 bits per heavy atom. The highest BCUT2D eigenvalue weighted by molar-refractivity contribution is 6.00. The molecule has 162 valence electrons. The molecule has 2 aromatic carbocycles. The van der Waals surface area contributed by atoms with Gasteiger partial charge in [-0.3, -0.25) is 4.79 Å². The first-order valence-electron chi connectivity index (χ1n) is 11.4. The summed E-state index contributed by atoms with van der Waals surface area (Å²) in [6.45, 7) is 11.4. The van der Waals surface area contributed by atoms with Gasteiger partial charge in [-0.25, -0.2) is 4.68 Å². The van der Waals surface area contributed by atoms with Gasteiger partial charge in [0.2, 0.25) is 0 Å². The van der Waals surface area contributed by atoms with Crippen molar-refractivity contribution in [3.8, 4) is 16.9 Å². The number of quaternary nitrogens is 1. The topological polar surface area (TPSA) is 42.6 Å². The molecule has 1 aromatic heterocycles. The Morgan fingerprint density at radius 2 is 1.71 bits per heavy atom. The first-order chi connectivity index (χ1) is 15.1. The molecule has 2 heterocycles. The number of hydrogen-bond acceptors (Lipinski definition) is 2. The van der Waals surface area contributed by atoms with Crippen molar-refractivity contribution in [2.45, 2.75) is 33.1 Å². The molecular weight excluding hydrogens is 384 g/mol. The van der Waals surface area contributed by atoms with E-state index in [0.29, 0.717) is 11.5 Å². The van der Waals surface area contributed by atoms with Gasteiger partial charge in [0.15, 0.2) is 0 Å². The summed E-state index contributed by atoms with van der Waals surface area (Å²) in [5.41, 5.74) is 4.67. The van der Waals surface area contributed by atoms with Crippen molar-refractivity contribution >= 4 is 5.91 Å². The second kappa shape index (κ2) is 9.48. The zero-order chi connectivity index (χ0) is 21.8. The van der Waals surface area contributed by atoms with E-state index in [9.17, 15) is 4.79 Å². The van der Waals surface area contributed by atoms with Gasteiger partial charge in [0.05, 0.1) is 44.0 Å². The summed E-state index contributed by atoms with van der Waals surface area (Å²) in [6, 6.07) is 18.5. The molecule has 31 heavy (non-hydrogen) atoms. The smallest absolute Gasteiger partial charge is 0.258 e. The van der Waals surface area contributed by atoms with Gasteiger partial charge in [0, 0.05) is 11.8 Å². The molecule has 5 nitrogen and oxygen atoms in total. The lowest BCUT2D eigenvalue weighted by atomic mass is 9.99. The third kappa shape index (κ3) is 4.72. The van der Waals surface area contributed by atoms with Crippen molar-refractivity contribution in [1.82, 2.24) is 14.7 Å². The van der Waals surface area contributed by atoms with E-state index in [4.69, 9.17) is 5.10 Å². The Kier molecular flexibility index (Phi) is 6.52. The maximum atomic E-state index is 13.5. The van der Waals surface area contributed by atoms with Crippen LogP contribution in [0.5, 0.6) is 0 Å². The highest BCUT2D eigenvalue weighted by Crippen LogP contribution is 2.27. The number of hydrogen-bond donors (Lipinski definition) is 1. The Morgan fingerprint density at radius 1 is 1.03 bits per heavy atom. The van der Waals surface area contributed by atoms with Crippen molar-refractivity contribution in [2.24, 2.45) is 0 Å². The first kappa shape index (κ1) is 21.3. The van der Waals surface area contributed by atoms with Crippen molar-refractivity contribution in [3.05, 3.63) is 71.9 Å². The van der Waals surface area contributed by atoms with Crippen LogP contribution < -0.4 is 4.90 Å². The third-order valence-corrected chi connectivity index (χ3v) is 6.18. The summed E-state index contributed by atoms with van der Waals surface area (Å²) in [4.78, 5) is 17.1. The Bertz CT molecular complexity index is 1000. The Balaban J connectivity index is 1.67. The maximum absolute atomic E-state index is 13.5. The lowest BCUT2D eigenvalue weighted by Gasteiger charge is -2.32. The predicted octanol–water partition coefficient (Wildman–Crippen LogP) is 3.41. The molecule has 0 atom stereocenters. The second-order valence-electron chi connectivity index (χ2n) is 8.74. The monoisotopic (exact) mass is 417 g/mol. The van der Waals surface area contributed by atoms with Gasteiger partial charge >= 0.3 is 0 Å². The molecule has 1 fully saturated rings. The van der Waals surface area contributed by atoms with Crippen molar-refractivity contribution in [3.63, 3.8) is 0 Å². The molecule has 0 unspecified atom stereocenters. The average Bonchev–Trinajstić information content (AvgIpc) is 3.25. The van der Waals surface area contributed by atoms with Crippen LogP contribution in [-0.4, -0.2) is 53.3 Å². The van der Waals surface area contributed by atoms with Crippen molar-refractivity contribution in [2.75, 3.05) is 32.7 Å². The molecule has 5 heteroatoms. The fourth-order valence-electron chi connectivity index (χ4n) is 4.28. The number of nitrogens with zero attached hydrogens (tertiary/aromatic N) is 3. The quantitative estimate of drug-likeness (QED) is 0.668. The Hall–Kier alpha value is -2.92. The van der Waals surface area contributed by atoms with Crippen molar-refractivity contribution < 1.29 is 9.69 Å². The number of rotatable bonds is 6. The summed E-state index contributed by atoms with van der Waals surface area (Å²) in [6.07, 6.45) is 3.08. The maximum Gasteiger partial charge on any atom is 0.258 e. The van der Waals surface area contributed by atoms with Gasteiger partial charge in [-0.2, -0.15) is 5.10 Å². The van der Waals surface area contributed by atoms with Crippen LogP contribution in [0.15, 0.2) is 60.8 Å². The largest absolute Gasteiger partial charge is 0.332 e. The second-order valence-corrected chi connectivity index (χ2v) is 8.74. The van der Waals surface area contributed by atoms with Crippen LogP contribution in [-0.2, 0) is 0 Å². The van der Waals surface area contributed by atoms with E-state index >= 15 is 0 Å². The first-order valence-corrected chi connectivity index (χ1v) is 11.4. The van der Waals surface area contributed by atoms with Gasteiger partial charge < -0.3 is 9.80 Å². The molecule has 0 aliphatic carbocycles. The van der Waals surface area contributed by atoms with E-state index in [0.717, 1.165) is 43.1 Å². The van der Waals surface area contributed by atoms with Crippen LogP contribution >= 0.6 is 0 Å². The molecule has 1 aliphatic heterocycles. The molecule has 0 saturated carbocycles. The van der Waals surface area contributed by atoms with E-state index in [1.807, 2.05) is 46.1 Å². The average molecular weight is 418 g/mol. The molecule has 4 rings (SSSR count). The van der Waals surface area contributed by atoms with Crippen LogP contribution in [0.3, 0.4) is 0 Å². The summed E-state index contributed by atoms with van der Waals surface area (Å²) in [7, 11) is 0. The summed E-state index contributed by atoms with van der Waals surface area (Å²) in [5, 5.41) is 4.85. The fourth-order valence-corrected chi connectivity index (χ4v) is 4.28. The number of para-hydroxylation sites is 1. The number of carbonyl (C=O) groups excluding carboxylic acids is 1. The van der Waals surface area contributed by atoms with E-state index in [1.54, 1.807) is 4.90 Å². The number of benzene rings is 2. The minimum absolute atomic E-state index is 0.0839. The van der Waals surface area contributed by atoms with E-state index in [-0.39, 0.29) is 5.91 Å². The van der Waals surface area contributed by atoms with Crippen LogP contribution in [0.25, 0.3) is 16.9 Å². The normalized spacial score (nSPS) is 14.9. The Labute approximate surface area is 185 Å². The van der Waals surface area contributed by atoms with Gasteiger partial charge in [-0.15, -0.1) is 0 Å². The van der Waals surface area contributed by atoms with Crippen molar-refractivity contribution in [1.29, 1.82) is 0 Å². The van der Waals surface area contributed by atoms with Crippen LogP contribution in [0.4, 0.5) is 0 Å². The number of aromatic nitrogens is 2. The number of piperazine rings is 1. The molecule has 0 bridgehead atoms. The molecule has 0 spiro atoms. The number of nitrogens with one attached hydrogen (secondary N) is 1. The van der Waals surface area contributed by atoms with Gasteiger partial charge in [0.25, 0.3) is 5.91 Å². The predicted molar refractivity (Wildman–Crippen MR) is 125 cm³/mol. The summed E-state index contributed by atoms with van der Waals surface area (Å²) >= 11 is 0. The van der Waals surface area contributed by atoms with Gasteiger partial charge in [-0.05, 0) is 30.0 Å². The fraction of sp³-hybridized carbons (Fsp3) is 0.385. The molecule has 3 aromatic rings. The molecule has 0 radical (unpaired) electrons. The SMILES string of the molecule is CCC[NH+]1CCN(C(=O)c2cn(-c3ccccc3)nc2-c2ccc(C(C)C)cc2)CC1. The molecule has 1 saturated heterocycles. The van der Waals surface area contributed by atoms with Gasteiger partial charge in [-0.1, -0.05) is 63.2 Å². The van der Waals surface area contributed by atoms with Crippen LogP contribution in [0.1, 0.15) is 49.0 Å². The zero-order valence-electron chi connectivity index (χ0n) is 18.8. The number of carbonyl (C=O) groups is 1.